The molecule has 2 N–H and O–H groups in total. The quantitative estimate of drug-likeness (QED) is 0.365. The maximum Gasteiger partial charge on any atom is 0.338 e. The molecule has 0 aliphatic carbocycles. The van der Waals surface area contributed by atoms with Gasteiger partial charge in [0.1, 0.15) is 17.6 Å². The van der Waals surface area contributed by atoms with Crippen LogP contribution in [0.1, 0.15) is 18.7 Å². The first-order valence-electron chi connectivity index (χ1n) is 7.62. The van der Waals surface area contributed by atoms with E-state index in [-0.39, 0.29) is 5.69 Å². The van der Waals surface area contributed by atoms with Gasteiger partial charge in [-0.25, -0.2) is 4.79 Å². The molecule has 0 saturated carbocycles. The Kier molecular flexibility index (Phi) is 4.72. The number of methoxy groups -OCH3 is 1. The minimum atomic E-state index is -0.594. The lowest BCUT2D eigenvalue weighted by atomic mass is 10.0. The molecule has 3 rings (SSSR count). The zero-order valence-corrected chi connectivity index (χ0v) is 14.8. The standard InChI is InChI=1S/C17H15N3O5S/c1-9-14(16(21)24-2)15(19-17(26)18-9)13-8-7-12(25-13)10-3-5-11(6-4-10)20(22)23/h3-8,15H,1-2H3,(H2,18,19,26)/t15-/m0/s1. The van der Waals surface area contributed by atoms with Crippen LogP contribution in [0.2, 0.25) is 0 Å². The van der Waals surface area contributed by atoms with Crippen molar-refractivity contribution in [2.24, 2.45) is 0 Å². The number of allylic oxidation sites excluding steroid dienone is 1. The largest absolute Gasteiger partial charge is 0.466 e. The third-order valence-corrected chi connectivity index (χ3v) is 4.17. The van der Waals surface area contributed by atoms with E-state index >= 15 is 0 Å². The Labute approximate surface area is 154 Å². The molecule has 0 unspecified atom stereocenters. The van der Waals surface area contributed by atoms with Gasteiger partial charge in [0.2, 0.25) is 0 Å². The number of rotatable bonds is 4. The van der Waals surface area contributed by atoms with E-state index in [0.717, 1.165) is 0 Å². The van der Waals surface area contributed by atoms with Crippen molar-refractivity contribution < 1.29 is 18.9 Å². The Bertz CT molecular complexity index is 917. The number of benzene rings is 1. The van der Waals surface area contributed by atoms with Crippen LogP contribution >= 0.6 is 12.2 Å². The van der Waals surface area contributed by atoms with Crippen molar-refractivity contribution in [3.05, 3.63) is 63.5 Å². The van der Waals surface area contributed by atoms with Crippen molar-refractivity contribution in [2.45, 2.75) is 13.0 Å². The molecule has 1 atom stereocenters. The molecule has 9 heteroatoms. The van der Waals surface area contributed by atoms with Gasteiger partial charge in [0.25, 0.3) is 5.69 Å². The zero-order chi connectivity index (χ0) is 18.8. The van der Waals surface area contributed by atoms with Crippen molar-refractivity contribution in [3.63, 3.8) is 0 Å². The van der Waals surface area contributed by atoms with Crippen LogP contribution in [0.25, 0.3) is 11.3 Å². The summed E-state index contributed by atoms with van der Waals surface area (Å²) in [4.78, 5) is 22.4. The summed E-state index contributed by atoms with van der Waals surface area (Å²) < 4.78 is 10.7. The van der Waals surface area contributed by atoms with Crippen LogP contribution in [0, 0.1) is 10.1 Å². The van der Waals surface area contributed by atoms with E-state index in [0.29, 0.717) is 33.5 Å². The second kappa shape index (κ2) is 6.96. The van der Waals surface area contributed by atoms with Crippen LogP contribution in [-0.2, 0) is 9.53 Å². The molecule has 0 radical (unpaired) electrons. The minimum Gasteiger partial charge on any atom is -0.466 e. The van der Waals surface area contributed by atoms with Gasteiger partial charge in [0.15, 0.2) is 5.11 Å². The molecule has 8 nitrogen and oxygen atoms in total. The number of carbonyl (C=O) groups excluding carboxylic acids is 1. The Morgan fingerprint density at radius 3 is 2.58 bits per heavy atom. The van der Waals surface area contributed by atoms with Gasteiger partial charge in [0, 0.05) is 23.4 Å². The lowest BCUT2D eigenvalue weighted by molar-refractivity contribution is -0.384. The van der Waals surface area contributed by atoms with Gasteiger partial charge >= 0.3 is 5.97 Å². The summed E-state index contributed by atoms with van der Waals surface area (Å²) in [6.45, 7) is 1.73. The fraction of sp³-hybridized carbons (Fsp3) is 0.176. The van der Waals surface area contributed by atoms with Crippen LogP contribution < -0.4 is 10.6 Å². The minimum absolute atomic E-state index is 0.00237. The normalized spacial score (nSPS) is 16.7. The van der Waals surface area contributed by atoms with Crippen molar-refractivity contribution >= 4 is 29.0 Å². The molecule has 0 amide bonds. The Morgan fingerprint density at radius 1 is 1.27 bits per heavy atom. The van der Waals surface area contributed by atoms with Gasteiger partial charge < -0.3 is 19.8 Å². The summed E-state index contributed by atoms with van der Waals surface area (Å²) in [5, 5.41) is 17.0. The number of non-ortho nitro benzene ring substituents is 1. The van der Waals surface area contributed by atoms with E-state index in [1.807, 2.05) is 0 Å². The Hall–Kier alpha value is -3.20. The topological polar surface area (TPSA) is 107 Å². The number of nitrogens with one attached hydrogen (secondary N) is 2. The number of furan rings is 1. The van der Waals surface area contributed by atoms with Gasteiger partial charge in [-0.05, 0) is 43.4 Å². The van der Waals surface area contributed by atoms with Gasteiger partial charge in [-0.15, -0.1) is 0 Å². The van der Waals surface area contributed by atoms with E-state index in [1.54, 1.807) is 31.2 Å². The van der Waals surface area contributed by atoms with E-state index in [9.17, 15) is 14.9 Å². The number of ether oxygens (including phenoxy) is 1. The lowest BCUT2D eigenvalue weighted by Gasteiger charge is -2.27. The van der Waals surface area contributed by atoms with E-state index in [2.05, 4.69) is 10.6 Å². The van der Waals surface area contributed by atoms with Crippen LogP contribution in [0.4, 0.5) is 5.69 Å². The molecule has 134 valence electrons. The molecule has 26 heavy (non-hydrogen) atoms. The van der Waals surface area contributed by atoms with Crippen LogP contribution in [0.5, 0.6) is 0 Å². The number of nitro groups is 1. The van der Waals surface area contributed by atoms with Gasteiger partial charge in [-0.2, -0.15) is 0 Å². The molecule has 2 heterocycles. The molecule has 0 spiro atoms. The third-order valence-electron chi connectivity index (χ3n) is 3.95. The summed E-state index contributed by atoms with van der Waals surface area (Å²) in [5.41, 5.74) is 1.63. The number of hydrogen-bond acceptors (Lipinski definition) is 6. The Balaban J connectivity index is 1.95. The molecule has 1 aromatic heterocycles. The summed E-state index contributed by atoms with van der Waals surface area (Å²) in [7, 11) is 1.30. The summed E-state index contributed by atoms with van der Waals surface area (Å²) in [5.74, 6) is 0.494. The van der Waals surface area contributed by atoms with Crippen molar-refractivity contribution in [1.29, 1.82) is 0 Å². The third kappa shape index (κ3) is 3.29. The highest BCUT2D eigenvalue weighted by Gasteiger charge is 2.32. The highest BCUT2D eigenvalue weighted by molar-refractivity contribution is 7.80. The number of carbonyl (C=O) groups is 1. The molecule has 1 aliphatic heterocycles. The number of nitrogens with zero attached hydrogens (tertiary/aromatic N) is 1. The zero-order valence-electron chi connectivity index (χ0n) is 13.9. The predicted molar refractivity (Wildman–Crippen MR) is 97.1 cm³/mol. The molecule has 1 aromatic carbocycles. The first kappa shape index (κ1) is 17.6. The second-order valence-electron chi connectivity index (χ2n) is 5.57. The van der Waals surface area contributed by atoms with E-state index < -0.39 is 16.9 Å². The maximum atomic E-state index is 12.1. The van der Waals surface area contributed by atoms with Crippen molar-refractivity contribution in [2.75, 3.05) is 7.11 Å². The number of nitro benzene ring substituents is 1. The van der Waals surface area contributed by atoms with Crippen LogP contribution in [-0.4, -0.2) is 23.1 Å². The molecule has 0 bridgehead atoms. The maximum absolute atomic E-state index is 12.1. The molecule has 0 saturated heterocycles. The molecular weight excluding hydrogens is 358 g/mol. The molecule has 2 aromatic rings. The highest BCUT2D eigenvalue weighted by atomic mass is 32.1. The van der Waals surface area contributed by atoms with E-state index in [1.165, 1.54) is 19.2 Å². The summed E-state index contributed by atoms with van der Waals surface area (Å²) >= 11 is 5.16. The summed E-state index contributed by atoms with van der Waals surface area (Å²) in [6.07, 6.45) is 0. The average molecular weight is 373 g/mol. The van der Waals surface area contributed by atoms with Crippen molar-refractivity contribution in [3.8, 4) is 11.3 Å². The van der Waals surface area contributed by atoms with Gasteiger partial charge in [0.05, 0.1) is 17.6 Å². The highest BCUT2D eigenvalue weighted by Crippen LogP contribution is 2.32. The van der Waals surface area contributed by atoms with E-state index in [4.69, 9.17) is 21.4 Å². The number of hydrogen-bond donors (Lipinski definition) is 2. The Morgan fingerprint density at radius 2 is 1.96 bits per heavy atom. The first-order valence-corrected chi connectivity index (χ1v) is 8.02. The number of thiocarbonyl (C=S) groups is 1. The number of esters is 1. The fourth-order valence-corrected chi connectivity index (χ4v) is 2.97. The predicted octanol–water partition coefficient (Wildman–Crippen LogP) is 2.82. The smallest absolute Gasteiger partial charge is 0.338 e. The SMILES string of the molecule is COC(=O)C1=C(C)NC(=S)N[C@H]1c1ccc(-c2ccc([N+](=O)[O-])cc2)o1. The van der Waals surface area contributed by atoms with Gasteiger partial charge in [-0.1, -0.05) is 0 Å². The second-order valence-corrected chi connectivity index (χ2v) is 5.98. The molecular formula is C17H15N3O5S. The molecule has 1 aliphatic rings. The first-order chi connectivity index (χ1) is 12.4. The monoisotopic (exact) mass is 373 g/mol. The average Bonchev–Trinajstić information content (AvgIpc) is 3.10. The van der Waals surface area contributed by atoms with Crippen LogP contribution in [0.15, 0.2) is 52.1 Å². The lowest BCUT2D eigenvalue weighted by Crippen LogP contribution is -2.44. The fourth-order valence-electron chi connectivity index (χ4n) is 2.70. The van der Waals surface area contributed by atoms with Gasteiger partial charge in [-0.3, -0.25) is 10.1 Å². The summed E-state index contributed by atoms with van der Waals surface area (Å²) in [6, 6.07) is 8.86. The van der Waals surface area contributed by atoms with Crippen LogP contribution in [0.3, 0.4) is 0 Å². The molecule has 0 fully saturated rings. The van der Waals surface area contributed by atoms with Crippen molar-refractivity contribution in [1.82, 2.24) is 10.6 Å².